The third-order valence-corrected chi connectivity index (χ3v) is 5.39. The first-order valence-corrected chi connectivity index (χ1v) is 8.63. The van der Waals surface area contributed by atoms with Gasteiger partial charge in [-0.25, -0.2) is 4.98 Å². The summed E-state index contributed by atoms with van der Waals surface area (Å²) in [4.78, 5) is 20.1. The lowest BCUT2D eigenvalue weighted by atomic mass is 10.2. The number of rotatable bonds is 5. The lowest BCUT2D eigenvalue weighted by molar-refractivity contribution is 0.0944. The zero-order valence-electron chi connectivity index (χ0n) is 13.1. The van der Waals surface area contributed by atoms with Crippen LogP contribution in [-0.2, 0) is 0 Å². The van der Waals surface area contributed by atoms with Gasteiger partial charge in [0.2, 0.25) is 0 Å². The molecule has 118 valence electrons. The van der Waals surface area contributed by atoms with Gasteiger partial charge in [-0.05, 0) is 45.0 Å². The zero-order valence-corrected chi connectivity index (χ0v) is 13.9. The van der Waals surface area contributed by atoms with E-state index in [2.05, 4.69) is 22.1 Å². The number of amides is 1. The summed E-state index contributed by atoms with van der Waals surface area (Å²) in [6.07, 6.45) is 6.28. The van der Waals surface area contributed by atoms with Gasteiger partial charge < -0.3 is 9.88 Å². The maximum atomic E-state index is 12.4. The first-order valence-electron chi connectivity index (χ1n) is 7.82. The van der Waals surface area contributed by atoms with Gasteiger partial charge in [-0.2, -0.15) is 0 Å². The molecule has 1 amide bonds. The Morgan fingerprint density at radius 1 is 1.45 bits per heavy atom. The minimum absolute atomic E-state index is 0.00337. The maximum Gasteiger partial charge on any atom is 0.263 e. The fourth-order valence-corrected chi connectivity index (χ4v) is 3.95. The third-order valence-electron chi connectivity index (χ3n) is 4.22. The molecule has 1 saturated heterocycles. The number of aromatic nitrogens is 2. The van der Waals surface area contributed by atoms with Crippen LogP contribution in [0.2, 0.25) is 0 Å². The fraction of sp³-hybridized carbons (Fsp3) is 0.500. The number of hydrogen-bond donors (Lipinski definition) is 1. The molecule has 0 saturated carbocycles. The Kier molecular flexibility index (Phi) is 4.59. The first kappa shape index (κ1) is 15.2. The average molecular weight is 318 g/mol. The quantitative estimate of drug-likeness (QED) is 0.921. The predicted octanol–water partition coefficient (Wildman–Crippen LogP) is 2.46. The van der Waals surface area contributed by atoms with Crippen molar-refractivity contribution in [3.63, 3.8) is 0 Å². The van der Waals surface area contributed by atoms with E-state index in [1.165, 1.54) is 24.2 Å². The number of carbonyl (C=O) groups excluding carboxylic acids is 1. The molecule has 0 spiro atoms. The molecule has 6 heteroatoms. The van der Waals surface area contributed by atoms with Crippen molar-refractivity contribution in [1.82, 2.24) is 19.8 Å². The van der Waals surface area contributed by atoms with Gasteiger partial charge >= 0.3 is 0 Å². The van der Waals surface area contributed by atoms with Gasteiger partial charge in [0.25, 0.3) is 5.91 Å². The molecule has 1 aliphatic rings. The van der Waals surface area contributed by atoms with Crippen molar-refractivity contribution in [3.8, 4) is 5.13 Å². The van der Waals surface area contributed by atoms with E-state index in [9.17, 15) is 4.79 Å². The van der Waals surface area contributed by atoms with E-state index in [0.29, 0.717) is 10.9 Å². The highest BCUT2D eigenvalue weighted by molar-refractivity contribution is 7.16. The second kappa shape index (κ2) is 6.62. The summed E-state index contributed by atoms with van der Waals surface area (Å²) in [6, 6.07) is 4.39. The van der Waals surface area contributed by atoms with E-state index < -0.39 is 0 Å². The van der Waals surface area contributed by atoms with Crippen LogP contribution >= 0.6 is 11.3 Å². The molecule has 0 aromatic carbocycles. The van der Waals surface area contributed by atoms with Crippen LogP contribution in [0.1, 0.15) is 35.1 Å². The molecule has 1 aliphatic heterocycles. The molecule has 0 aliphatic carbocycles. The number of likely N-dealkylation sites (N-methyl/N-ethyl adjacent to an activating group) is 1. The van der Waals surface area contributed by atoms with E-state index >= 15 is 0 Å². The van der Waals surface area contributed by atoms with Crippen molar-refractivity contribution in [3.05, 3.63) is 35.1 Å². The van der Waals surface area contributed by atoms with Gasteiger partial charge in [0.05, 0.1) is 5.69 Å². The Balaban J connectivity index is 1.65. The highest BCUT2D eigenvalue weighted by Gasteiger charge is 2.24. The van der Waals surface area contributed by atoms with E-state index in [1.807, 2.05) is 36.0 Å². The molecular weight excluding hydrogens is 296 g/mol. The van der Waals surface area contributed by atoms with Crippen LogP contribution in [0.15, 0.2) is 24.5 Å². The Morgan fingerprint density at radius 2 is 2.23 bits per heavy atom. The molecule has 2 aromatic rings. The highest BCUT2D eigenvalue weighted by Crippen LogP contribution is 2.22. The number of nitrogens with one attached hydrogen (secondary N) is 1. The van der Waals surface area contributed by atoms with E-state index in [0.717, 1.165) is 30.5 Å². The molecule has 22 heavy (non-hydrogen) atoms. The van der Waals surface area contributed by atoms with Crippen LogP contribution in [0.4, 0.5) is 0 Å². The molecule has 5 nitrogen and oxygen atoms in total. The molecule has 3 rings (SSSR count). The normalized spacial score (nSPS) is 18.7. The summed E-state index contributed by atoms with van der Waals surface area (Å²) in [5.74, 6) is -0.00337. The lowest BCUT2D eigenvalue weighted by Gasteiger charge is -2.22. The van der Waals surface area contributed by atoms with Crippen molar-refractivity contribution >= 4 is 17.2 Å². The van der Waals surface area contributed by atoms with Gasteiger partial charge in [0.1, 0.15) is 4.88 Å². The molecule has 3 heterocycles. The van der Waals surface area contributed by atoms with Crippen LogP contribution in [0.25, 0.3) is 5.13 Å². The molecule has 0 radical (unpaired) electrons. The van der Waals surface area contributed by atoms with Gasteiger partial charge in [-0.15, -0.1) is 0 Å². The van der Waals surface area contributed by atoms with Crippen LogP contribution in [0, 0.1) is 6.92 Å². The summed E-state index contributed by atoms with van der Waals surface area (Å²) in [5, 5.41) is 3.92. The zero-order chi connectivity index (χ0) is 15.5. The van der Waals surface area contributed by atoms with Crippen molar-refractivity contribution in [2.75, 3.05) is 19.6 Å². The molecule has 2 aromatic heterocycles. The number of hydrogen-bond acceptors (Lipinski definition) is 4. The van der Waals surface area contributed by atoms with Gasteiger partial charge in [-0.3, -0.25) is 9.69 Å². The van der Waals surface area contributed by atoms with Crippen molar-refractivity contribution in [1.29, 1.82) is 0 Å². The van der Waals surface area contributed by atoms with Gasteiger partial charge in [0.15, 0.2) is 5.13 Å². The molecule has 0 unspecified atom stereocenters. The fourth-order valence-electron chi connectivity index (χ4n) is 3.00. The predicted molar refractivity (Wildman–Crippen MR) is 88.8 cm³/mol. The second-order valence-corrected chi connectivity index (χ2v) is 6.61. The monoisotopic (exact) mass is 318 g/mol. The standard InChI is InChI=1S/C16H22N4OS/c1-3-19-10-6-7-13(19)11-17-15(21)14-12(2)18-16(22-14)20-8-4-5-9-20/h4-5,8-9,13H,3,6-7,10-11H2,1-2H3,(H,17,21)/t13-/m0/s1. The van der Waals surface area contributed by atoms with Gasteiger partial charge in [-0.1, -0.05) is 18.3 Å². The maximum absolute atomic E-state index is 12.4. The van der Waals surface area contributed by atoms with E-state index in [-0.39, 0.29) is 5.91 Å². The third kappa shape index (κ3) is 3.08. The summed E-state index contributed by atoms with van der Waals surface area (Å²) >= 11 is 1.44. The van der Waals surface area contributed by atoms with Crippen molar-refractivity contribution in [2.24, 2.45) is 0 Å². The number of carbonyl (C=O) groups is 1. The minimum Gasteiger partial charge on any atom is -0.350 e. The average Bonchev–Trinajstić information content (AvgIpc) is 3.24. The number of nitrogens with zero attached hydrogens (tertiary/aromatic N) is 3. The largest absolute Gasteiger partial charge is 0.350 e. The second-order valence-electron chi connectivity index (χ2n) is 5.64. The van der Waals surface area contributed by atoms with Gasteiger partial charge in [0, 0.05) is 25.0 Å². The smallest absolute Gasteiger partial charge is 0.263 e. The summed E-state index contributed by atoms with van der Waals surface area (Å²) < 4.78 is 1.93. The SMILES string of the molecule is CCN1CCC[C@H]1CNC(=O)c1sc(-n2cccc2)nc1C. The first-order chi connectivity index (χ1) is 10.7. The lowest BCUT2D eigenvalue weighted by Crippen LogP contribution is -2.39. The van der Waals surface area contributed by atoms with Crippen LogP contribution in [-0.4, -0.2) is 46.0 Å². The minimum atomic E-state index is -0.00337. The van der Waals surface area contributed by atoms with Crippen LogP contribution < -0.4 is 5.32 Å². The molecule has 1 N–H and O–H groups in total. The molecule has 1 fully saturated rings. The number of thiazole rings is 1. The number of likely N-dealkylation sites (tertiary alicyclic amines) is 1. The van der Waals surface area contributed by atoms with Crippen LogP contribution in [0.3, 0.4) is 0 Å². The molecule has 1 atom stereocenters. The Morgan fingerprint density at radius 3 is 2.95 bits per heavy atom. The summed E-state index contributed by atoms with van der Waals surface area (Å²) in [5.41, 5.74) is 0.796. The Labute approximate surface area is 135 Å². The Bertz CT molecular complexity index is 635. The van der Waals surface area contributed by atoms with Crippen LogP contribution in [0.5, 0.6) is 0 Å². The van der Waals surface area contributed by atoms with E-state index in [1.54, 1.807) is 0 Å². The Hall–Kier alpha value is -1.66. The number of aryl methyl sites for hydroxylation is 1. The molecular formula is C16H22N4OS. The topological polar surface area (TPSA) is 50.2 Å². The van der Waals surface area contributed by atoms with Crippen molar-refractivity contribution in [2.45, 2.75) is 32.7 Å². The van der Waals surface area contributed by atoms with Crippen molar-refractivity contribution < 1.29 is 4.79 Å². The highest BCUT2D eigenvalue weighted by atomic mass is 32.1. The molecule has 0 bridgehead atoms. The van der Waals surface area contributed by atoms with E-state index in [4.69, 9.17) is 0 Å². The summed E-state index contributed by atoms with van der Waals surface area (Å²) in [7, 11) is 0. The summed E-state index contributed by atoms with van der Waals surface area (Å²) in [6.45, 7) is 7.00.